The molecule has 6 heteroatoms. The molecule has 102 valence electrons. The standard InChI is InChI=1S/C11H24N2O3S/c1-10(2)8-12-17(15,16)13(3)9-11(14)6-4-5-7-11/h10,12,14H,4-9H2,1-3H3. The third-order valence-electron chi connectivity index (χ3n) is 3.14. The van der Waals surface area contributed by atoms with Gasteiger partial charge in [0.15, 0.2) is 0 Å². The summed E-state index contributed by atoms with van der Waals surface area (Å²) >= 11 is 0. The van der Waals surface area contributed by atoms with Crippen molar-refractivity contribution >= 4 is 10.2 Å². The van der Waals surface area contributed by atoms with E-state index in [0.29, 0.717) is 19.4 Å². The summed E-state index contributed by atoms with van der Waals surface area (Å²) in [6.07, 6.45) is 3.34. The highest BCUT2D eigenvalue weighted by atomic mass is 32.2. The topological polar surface area (TPSA) is 69.6 Å². The summed E-state index contributed by atoms with van der Waals surface area (Å²) in [6, 6.07) is 0. The zero-order valence-corrected chi connectivity index (χ0v) is 11.8. The van der Waals surface area contributed by atoms with E-state index in [1.54, 1.807) is 0 Å². The van der Waals surface area contributed by atoms with Gasteiger partial charge in [0.2, 0.25) is 0 Å². The molecule has 5 nitrogen and oxygen atoms in total. The molecule has 0 aromatic heterocycles. The van der Waals surface area contributed by atoms with Gasteiger partial charge in [-0.1, -0.05) is 26.7 Å². The summed E-state index contributed by atoms with van der Waals surface area (Å²) in [5.74, 6) is 0.271. The number of nitrogens with zero attached hydrogens (tertiary/aromatic N) is 1. The monoisotopic (exact) mass is 264 g/mol. The zero-order chi connectivity index (χ0) is 13.1. The van der Waals surface area contributed by atoms with E-state index in [4.69, 9.17) is 0 Å². The van der Waals surface area contributed by atoms with Gasteiger partial charge in [-0.05, 0) is 18.8 Å². The lowest BCUT2D eigenvalue weighted by molar-refractivity contribution is 0.0331. The first kappa shape index (κ1) is 14.9. The molecule has 1 fully saturated rings. The Bertz CT molecular complexity index is 335. The molecule has 1 aliphatic rings. The summed E-state index contributed by atoms with van der Waals surface area (Å²) in [7, 11) is -1.94. The lowest BCUT2D eigenvalue weighted by Gasteiger charge is -2.28. The molecule has 1 rings (SSSR count). The van der Waals surface area contributed by atoms with Crippen molar-refractivity contribution in [3.05, 3.63) is 0 Å². The van der Waals surface area contributed by atoms with E-state index in [2.05, 4.69) is 4.72 Å². The van der Waals surface area contributed by atoms with Crippen LogP contribution in [0.1, 0.15) is 39.5 Å². The Morgan fingerprint density at radius 2 is 1.88 bits per heavy atom. The molecule has 0 heterocycles. The smallest absolute Gasteiger partial charge is 0.279 e. The van der Waals surface area contributed by atoms with Gasteiger partial charge < -0.3 is 5.11 Å². The minimum absolute atomic E-state index is 0.181. The van der Waals surface area contributed by atoms with E-state index in [1.165, 1.54) is 11.4 Å². The van der Waals surface area contributed by atoms with Gasteiger partial charge >= 0.3 is 0 Å². The van der Waals surface area contributed by atoms with Crippen LogP contribution in [0.4, 0.5) is 0 Å². The second kappa shape index (κ2) is 5.65. The van der Waals surface area contributed by atoms with Crippen LogP contribution in [0.5, 0.6) is 0 Å². The van der Waals surface area contributed by atoms with Crippen LogP contribution in [-0.2, 0) is 10.2 Å². The fraction of sp³-hybridized carbons (Fsp3) is 1.00. The van der Waals surface area contributed by atoms with Crippen LogP contribution >= 0.6 is 0 Å². The van der Waals surface area contributed by atoms with E-state index in [-0.39, 0.29) is 12.5 Å². The van der Waals surface area contributed by atoms with Gasteiger partial charge in [-0.3, -0.25) is 0 Å². The molecule has 0 aromatic rings. The van der Waals surface area contributed by atoms with Crippen molar-refractivity contribution in [2.45, 2.75) is 45.1 Å². The van der Waals surface area contributed by atoms with Crippen LogP contribution in [0.3, 0.4) is 0 Å². The maximum absolute atomic E-state index is 11.9. The van der Waals surface area contributed by atoms with Gasteiger partial charge in [0.1, 0.15) is 0 Å². The van der Waals surface area contributed by atoms with Crippen molar-refractivity contribution in [2.75, 3.05) is 20.1 Å². The Labute approximate surface area is 104 Å². The number of aliphatic hydroxyl groups is 1. The summed E-state index contributed by atoms with van der Waals surface area (Å²) in [5.41, 5.74) is -0.832. The zero-order valence-electron chi connectivity index (χ0n) is 10.9. The van der Waals surface area contributed by atoms with Gasteiger partial charge in [0, 0.05) is 20.1 Å². The number of nitrogens with one attached hydrogen (secondary N) is 1. The Kier molecular flexibility index (Phi) is 4.95. The summed E-state index contributed by atoms with van der Waals surface area (Å²) < 4.78 is 27.5. The lowest BCUT2D eigenvalue weighted by Crippen LogP contribution is -2.47. The van der Waals surface area contributed by atoms with Crippen LogP contribution in [0.25, 0.3) is 0 Å². The van der Waals surface area contributed by atoms with Gasteiger partial charge in [0.05, 0.1) is 5.60 Å². The molecule has 0 saturated heterocycles. The number of hydrogen-bond donors (Lipinski definition) is 2. The van der Waals surface area contributed by atoms with E-state index in [0.717, 1.165) is 12.8 Å². The maximum atomic E-state index is 11.9. The lowest BCUT2D eigenvalue weighted by atomic mass is 10.0. The molecular formula is C11H24N2O3S. The van der Waals surface area contributed by atoms with E-state index >= 15 is 0 Å². The summed E-state index contributed by atoms with van der Waals surface area (Å²) in [6.45, 7) is 4.51. The van der Waals surface area contributed by atoms with Crippen LogP contribution in [0, 0.1) is 5.92 Å². The van der Waals surface area contributed by atoms with Crippen molar-refractivity contribution in [2.24, 2.45) is 5.92 Å². The highest BCUT2D eigenvalue weighted by molar-refractivity contribution is 7.87. The fourth-order valence-corrected chi connectivity index (χ4v) is 3.25. The first-order chi connectivity index (χ1) is 7.75. The molecule has 1 aliphatic carbocycles. The van der Waals surface area contributed by atoms with E-state index in [9.17, 15) is 13.5 Å². The quantitative estimate of drug-likeness (QED) is 0.742. The molecule has 17 heavy (non-hydrogen) atoms. The van der Waals surface area contributed by atoms with Crippen molar-refractivity contribution in [3.8, 4) is 0 Å². The Hall–Kier alpha value is -0.170. The highest BCUT2D eigenvalue weighted by Crippen LogP contribution is 2.30. The average molecular weight is 264 g/mol. The van der Waals surface area contributed by atoms with Crippen molar-refractivity contribution in [1.29, 1.82) is 0 Å². The molecule has 0 amide bonds. The third-order valence-corrected chi connectivity index (χ3v) is 4.62. The minimum Gasteiger partial charge on any atom is -0.389 e. The first-order valence-electron chi connectivity index (χ1n) is 6.18. The molecule has 0 atom stereocenters. The maximum Gasteiger partial charge on any atom is 0.279 e. The Morgan fingerprint density at radius 3 is 2.35 bits per heavy atom. The largest absolute Gasteiger partial charge is 0.389 e. The molecule has 0 radical (unpaired) electrons. The SMILES string of the molecule is CC(C)CNS(=O)(=O)N(C)CC1(O)CCCC1. The second-order valence-electron chi connectivity index (χ2n) is 5.43. The van der Waals surface area contributed by atoms with Crippen molar-refractivity contribution in [3.63, 3.8) is 0 Å². The minimum atomic E-state index is -3.46. The van der Waals surface area contributed by atoms with Gasteiger partial charge in [-0.15, -0.1) is 0 Å². The van der Waals surface area contributed by atoms with Crippen LogP contribution in [0.2, 0.25) is 0 Å². The molecule has 0 bridgehead atoms. The molecule has 0 aliphatic heterocycles. The Morgan fingerprint density at radius 1 is 1.35 bits per heavy atom. The number of hydrogen-bond acceptors (Lipinski definition) is 3. The predicted octanol–water partition coefficient (Wildman–Crippen LogP) is 0.714. The molecule has 0 unspecified atom stereocenters. The van der Waals surface area contributed by atoms with Gasteiger partial charge in [0.25, 0.3) is 10.2 Å². The summed E-state index contributed by atoms with van der Waals surface area (Å²) in [4.78, 5) is 0. The normalized spacial score (nSPS) is 20.4. The highest BCUT2D eigenvalue weighted by Gasteiger charge is 2.35. The molecule has 2 N–H and O–H groups in total. The van der Waals surface area contributed by atoms with Crippen LogP contribution in [0.15, 0.2) is 0 Å². The average Bonchev–Trinajstić information content (AvgIpc) is 2.62. The number of likely N-dealkylation sites (N-methyl/N-ethyl adjacent to an activating group) is 1. The van der Waals surface area contributed by atoms with Crippen molar-refractivity contribution < 1.29 is 13.5 Å². The summed E-state index contributed by atoms with van der Waals surface area (Å²) in [5, 5.41) is 10.2. The van der Waals surface area contributed by atoms with Gasteiger partial charge in [-0.2, -0.15) is 12.7 Å². The number of rotatable bonds is 6. The van der Waals surface area contributed by atoms with Crippen LogP contribution in [-0.4, -0.2) is 43.6 Å². The molecule has 0 aromatic carbocycles. The fourth-order valence-electron chi connectivity index (χ4n) is 2.07. The van der Waals surface area contributed by atoms with Gasteiger partial charge in [-0.25, -0.2) is 4.72 Å². The molecule has 1 saturated carbocycles. The molecule has 0 spiro atoms. The Balaban J connectivity index is 2.53. The molecular weight excluding hydrogens is 240 g/mol. The van der Waals surface area contributed by atoms with Crippen molar-refractivity contribution in [1.82, 2.24) is 9.03 Å². The first-order valence-corrected chi connectivity index (χ1v) is 7.62. The second-order valence-corrected chi connectivity index (χ2v) is 7.30. The van der Waals surface area contributed by atoms with Crippen LogP contribution < -0.4 is 4.72 Å². The van der Waals surface area contributed by atoms with E-state index < -0.39 is 15.8 Å². The predicted molar refractivity (Wildman–Crippen MR) is 67.8 cm³/mol. The van der Waals surface area contributed by atoms with E-state index in [1.807, 2.05) is 13.8 Å². The third kappa shape index (κ3) is 4.54.